The first-order valence-electron chi connectivity index (χ1n) is 8.40. The number of hydrogen-bond donors (Lipinski definition) is 2. The molecule has 3 aromatic rings. The van der Waals surface area contributed by atoms with E-state index in [-0.39, 0.29) is 5.75 Å². The van der Waals surface area contributed by atoms with E-state index in [0.717, 1.165) is 11.3 Å². The third kappa shape index (κ3) is 4.35. The third-order valence-corrected chi connectivity index (χ3v) is 4.15. The minimum Gasteiger partial charge on any atom is -0.504 e. The van der Waals surface area contributed by atoms with Crippen LogP contribution in [0.1, 0.15) is 23.9 Å². The number of rotatable bonds is 7. The standard InChI is InChI=1S/C19H20N4O3S/c1-3-26-16-6-4-5-14(18(16)24)12-20-23-17(21-22-19(23)27)11-13-7-9-15(25-2)10-8-13/h4-10,12,24H,3,11H2,1-2H3,(H,22,27)/b20-12+. The van der Waals surface area contributed by atoms with Crippen LogP contribution in [0.2, 0.25) is 0 Å². The maximum atomic E-state index is 10.3. The molecular formula is C19H20N4O3S. The van der Waals surface area contributed by atoms with Crippen molar-refractivity contribution >= 4 is 18.4 Å². The molecule has 0 saturated heterocycles. The number of aromatic hydroxyl groups is 1. The van der Waals surface area contributed by atoms with E-state index in [4.69, 9.17) is 21.7 Å². The van der Waals surface area contributed by atoms with Gasteiger partial charge >= 0.3 is 0 Å². The highest BCUT2D eigenvalue weighted by Crippen LogP contribution is 2.28. The molecule has 0 spiro atoms. The number of phenolic OH excluding ortho intramolecular Hbond substituents is 1. The number of hydrogen-bond acceptors (Lipinski definition) is 6. The third-order valence-electron chi connectivity index (χ3n) is 3.88. The summed E-state index contributed by atoms with van der Waals surface area (Å²) in [5, 5.41) is 21.7. The van der Waals surface area contributed by atoms with Gasteiger partial charge in [0.15, 0.2) is 17.3 Å². The lowest BCUT2D eigenvalue weighted by molar-refractivity contribution is 0.318. The second-order valence-corrected chi connectivity index (χ2v) is 6.04. The molecule has 1 aromatic heterocycles. The number of methoxy groups -OCH3 is 1. The molecule has 0 amide bonds. The molecule has 0 aliphatic carbocycles. The highest BCUT2D eigenvalue weighted by Gasteiger charge is 2.09. The molecule has 2 N–H and O–H groups in total. The highest BCUT2D eigenvalue weighted by atomic mass is 32.1. The number of aromatic amines is 1. The molecule has 3 rings (SSSR count). The lowest BCUT2D eigenvalue weighted by Crippen LogP contribution is -2.01. The Morgan fingerprint density at radius 1 is 1.26 bits per heavy atom. The molecule has 27 heavy (non-hydrogen) atoms. The normalized spacial score (nSPS) is 11.0. The van der Waals surface area contributed by atoms with Gasteiger partial charge in [-0.05, 0) is 49.0 Å². The molecule has 0 saturated carbocycles. The Bertz CT molecular complexity index is 993. The summed E-state index contributed by atoms with van der Waals surface area (Å²) >= 11 is 5.27. The Morgan fingerprint density at radius 2 is 2.04 bits per heavy atom. The second kappa shape index (κ2) is 8.50. The Labute approximate surface area is 161 Å². The smallest absolute Gasteiger partial charge is 0.216 e. The zero-order chi connectivity index (χ0) is 19.2. The fraction of sp³-hybridized carbons (Fsp3) is 0.211. The van der Waals surface area contributed by atoms with Gasteiger partial charge in [0.1, 0.15) is 5.75 Å². The lowest BCUT2D eigenvalue weighted by Gasteiger charge is -2.07. The van der Waals surface area contributed by atoms with E-state index in [1.54, 1.807) is 25.3 Å². The van der Waals surface area contributed by atoms with Gasteiger partial charge in [-0.3, -0.25) is 5.10 Å². The van der Waals surface area contributed by atoms with Gasteiger partial charge in [-0.25, -0.2) is 0 Å². The number of H-pyrrole nitrogens is 1. The minimum atomic E-state index is 0.0369. The molecule has 0 unspecified atom stereocenters. The van der Waals surface area contributed by atoms with Crippen LogP contribution in [0.25, 0.3) is 0 Å². The van der Waals surface area contributed by atoms with Crippen molar-refractivity contribution in [2.45, 2.75) is 13.3 Å². The van der Waals surface area contributed by atoms with E-state index < -0.39 is 0 Å². The van der Waals surface area contributed by atoms with E-state index >= 15 is 0 Å². The van der Waals surface area contributed by atoms with Gasteiger partial charge < -0.3 is 14.6 Å². The average molecular weight is 384 g/mol. The predicted molar refractivity (Wildman–Crippen MR) is 105 cm³/mol. The number of benzene rings is 2. The molecule has 0 aliphatic heterocycles. The first-order chi connectivity index (χ1) is 13.1. The summed E-state index contributed by atoms with van der Waals surface area (Å²) in [6.07, 6.45) is 2.07. The number of nitrogens with zero attached hydrogens (tertiary/aromatic N) is 3. The summed E-state index contributed by atoms with van der Waals surface area (Å²) in [4.78, 5) is 0. The van der Waals surface area contributed by atoms with Gasteiger partial charge in [0.2, 0.25) is 4.77 Å². The van der Waals surface area contributed by atoms with Crippen molar-refractivity contribution in [3.8, 4) is 17.2 Å². The Kier molecular flexibility index (Phi) is 5.87. The zero-order valence-electron chi connectivity index (χ0n) is 15.0. The first kappa shape index (κ1) is 18.7. The van der Waals surface area contributed by atoms with Crippen molar-refractivity contribution in [1.29, 1.82) is 0 Å². The van der Waals surface area contributed by atoms with Crippen LogP contribution in [0, 0.1) is 4.77 Å². The maximum absolute atomic E-state index is 10.3. The molecule has 0 atom stereocenters. The molecular weight excluding hydrogens is 364 g/mol. The molecule has 1 heterocycles. The second-order valence-electron chi connectivity index (χ2n) is 5.65. The summed E-state index contributed by atoms with van der Waals surface area (Å²) in [7, 11) is 1.63. The number of nitrogens with one attached hydrogen (secondary N) is 1. The minimum absolute atomic E-state index is 0.0369. The molecule has 0 radical (unpaired) electrons. The zero-order valence-corrected chi connectivity index (χ0v) is 15.9. The Morgan fingerprint density at radius 3 is 2.74 bits per heavy atom. The van der Waals surface area contributed by atoms with Crippen LogP contribution in [0.4, 0.5) is 0 Å². The Hall–Kier alpha value is -3.13. The van der Waals surface area contributed by atoms with Crippen molar-refractivity contribution in [3.05, 3.63) is 64.2 Å². The van der Waals surface area contributed by atoms with Gasteiger partial charge in [0, 0.05) is 12.0 Å². The lowest BCUT2D eigenvalue weighted by atomic mass is 10.1. The first-order valence-corrected chi connectivity index (χ1v) is 8.81. The maximum Gasteiger partial charge on any atom is 0.216 e. The van der Waals surface area contributed by atoms with Crippen molar-refractivity contribution < 1.29 is 14.6 Å². The van der Waals surface area contributed by atoms with Gasteiger partial charge in [-0.1, -0.05) is 18.2 Å². The van der Waals surface area contributed by atoms with Crippen LogP contribution in [0.3, 0.4) is 0 Å². The van der Waals surface area contributed by atoms with E-state index in [0.29, 0.717) is 34.9 Å². The largest absolute Gasteiger partial charge is 0.504 e. The topological polar surface area (TPSA) is 84.7 Å². The fourth-order valence-electron chi connectivity index (χ4n) is 2.52. The van der Waals surface area contributed by atoms with E-state index in [1.807, 2.05) is 31.2 Å². The van der Waals surface area contributed by atoms with E-state index in [9.17, 15) is 5.11 Å². The van der Waals surface area contributed by atoms with Gasteiger partial charge in [-0.2, -0.15) is 14.9 Å². The quantitative estimate of drug-likeness (QED) is 0.481. The summed E-state index contributed by atoms with van der Waals surface area (Å²) < 4.78 is 12.5. The summed E-state index contributed by atoms with van der Waals surface area (Å²) in [5.41, 5.74) is 1.57. The van der Waals surface area contributed by atoms with Gasteiger partial charge in [0.25, 0.3) is 0 Å². The van der Waals surface area contributed by atoms with Crippen LogP contribution in [0.5, 0.6) is 17.2 Å². The van der Waals surface area contributed by atoms with Crippen molar-refractivity contribution in [2.75, 3.05) is 13.7 Å². The summed E-state index contributed by atoms with van der Waals surface area (Å²) in [5.74, 6) is 1.90. The fourth-order valence-corrected chi connectivity index (χ4v) is 2.72. The molecule has 2 aromatic carbocycles. The number of aromatic nitrogens is 3. The molecule has 0 bridgehead atoms. The van der Waals surface area contributed by atoms with E-state index in [2.05, 4.69) is 15.3 Å². The Balaban J connectivity index is 1.85. The number of ether oxygens (including phenoxy) is 2. The van der Waals surface area contributed by atoms with Crippen molar-refractivity contribution in [2.24, 2.45) is 5.10 Å². The van der Waals surface area contributed by atoms with Gasteiger partial charge in [0.05, 0.1) is 19.9 Å². The molecule has 0 aliphatic rings. The molecule has 8 heteroatoms. The average Bonchev–Trinajstić information content (AvgIpc) is 3.03. The van der Waals surface area contributed by atoms with E-state index in [1.165, 1.54) is 10.9 Å². The molecule has 140 valence electrons. The molecule has 7 nitrogen and oxygen atoms in total. The predicted octanol–water partition coefficient (Wildman–Crippen LogP) is 3.53. The van der Waals surface area contributed by atoms with Crippen LogP contribution >= 0.6 is 12.2 Å². The van der Waals surface area contributed by atoms with Crippen LogP contribution in [-0.2, 0) is 6.42 Å². The SMILES string of the molecule is CCOc1cccc(/C=N/n2c(Cc3ccc(OC)cc3)n[nH]c2=S)c1O. The highest BCUT2D eigenvalue weighted by molar-refractivity contribution is 7.71. The van der Waals surface area contributed by atoms with Crippen LogP contribution < -0.4 is 9.47 Å². The van der Waals surface area contributed by atoms with Gasteiger partial charge in [-0.15, -0.1) is 0 Å². The number of para-hydroxylation sites is 1. The monoisotopic (exact) mass is 384 g/mol. The van der Waals surface area contributed by atoms with Crippen LogP contribution in [0.15, 0.2) is 47.6 Å². The summed E-state index contributed by atoms with van der Waals surface area (Å²) in [6, 6.07) is 12.9. The number of phenols is 1. The van der Waals surface area contributed by atoms with Crippen LogP contribution in [-0.4, -0.2) is 39.9 Å². The van der Waals surface area contributed by atoms with Crippen molar-refractivity contribution in [1.82, 2.24) is 14.9 Å². The van der Waals surface area contributed by atoms with Crippen molar-refractivity contribution in [3.63, 3.8) is 0 Å². The summed E-state index contributed by atoms with van der Waals surface area (Å²) in [6.45, 7) is 2.32. The molecule has 0 fully saturated rings.